The lowest BCUT2D eigenvalue weighted by Crippen LogP contribution is -2.38. The van der Waals surface area contributed by atoms with Gasteiger partial charge < -0.3 is 24.8 Å². The van der Waals surface area contributed by atoms with Crippen molar-refractivity contribution in [1.82, 2.24) is 10.6 Å². The minimum atomic E-state index is -2.92. The first-order chi connectivity index (χ1) is 12.6. The average molecular weight is 371 g/mol. The topological polar surface area (TPSA) is 64.1 Å². The van der Waals surface area contributed by atoms with Crippen LogP contribution in [0, 0.1) is 0 Å². The summed E-state index contributed by atoms with van der Waals surface area (Å²) in [6.45, 7) is 1.08. The number of benzene rings is 1. The zero-order valence-corrected chi connectivity index (χ0v) is 15.3. The van der Waals surface area contributed by atoms with Crippen LogP contribution in [0.1, 0.15) is 31.7 Å². The van der Waals surface area contributed by atoms with Gasteiger partial charge in [0.2, 0.25) is 0 Å². The van der Waals surface area contributed by atoms with Crippen molar-refractivity contribution in [2.45, 2.75) is 45.4 Å². The van der Waals surface area contributed by atoms with Gasteiger partial charge in [-0.3, -0.25) is 4.99 Å². The highest BCUT2D eigenvalue weighted by Crippen LogP contribution is 2.32. The number of guanidine groups is 1. The van der Waals surface area contributed by atoms with E-state index in [4.69, 9.17) is 9.47 Å². The molecule has 0 radical (unpaired) electrons. The molecule has 0 amide bonds. The maximum Gasteiger partial charge on any atom is 0.387 e. The van der Waals surface area contributed by atoms with Crippen LogP contribution in [0.2, 0.25) is 0 Å². The monoisotopic (exact) mass is 371 g/mol. The molecule has 1 aromatic rings. The zero-order chi connectivity index (χ0) is 18.8. The molecule has 0 saturated carbocycles. The van der Waals surface area contributed by atoms with Gasteiger partial charge in [0, 0.05) is 32.3 Å². The van der Waals surface area contributed by atoms with E-state index < -0.39 is 6.61 Å². The predicted molar refractivity (Wildman–Crippen MR) is 96.0 cm³/mol. The number of aliphatic imine (C=N–C) groups is 1. The Morgan fingerprint density at radius 3 is 2.88 bits per heavy atom. The van der Waals surface area contributed by atoms with Crippen LogP contribution in [-0.4, -0.2) is 45.5 Å². The molecular formula is C18H27F2N3O3. The predicted octanol–water partition coefficient (Wildman–Crippen LogP) is 2.92. The number of hydrogen-bond donors (Lipinski definition) is 2. The Labute approximate surface area is 152 Å². The Kier molecular flexibility index (Phi) is 8.40. The first-order valence-corrected chi connectivity index (χ1v) is 8.89. The molecule has 146 valence electrons. The van der Waals surface area contributed by atoms with Crippen molar-refractivity contribution in [2.75, 3.05) is 26.8 Å². The molecule has 0 aliphatic carbocycles. The maximum absolute atomic E-state index is 12.8. The summed E-state index contributed by atoms with van der Waals surface area (Å²) in [7, 11) is 1.66. The Hall–Kier alpha value is -2.09. The summed E-state index contributed by atoms with van der Waals surface area (Å²) in [6, 6.07) is 5.07. The van der Waals surface area contributed by atoms with Crippen LogP contribution in [-0.2, 0) is 11.3 Å². The lowest BCUT2D eigenvalue weighted by atomic mass is 10.2. The first kappa shape index (κ1) is 20.2. The highest BCUT2D eigenvalue weighted by Gasteiger charge is 2.17. The van der Waals surface area contributed by atoms with Crippen LogP contribution in [0.3, 0.4) is 0 Å². The molecule has 1 aliphatic rings. The number of ether oxygens (including phenoxy) is 3. The molecule has 6 nitrogen and oxygen atoms in total. The van der Waals surface area contributed by atoms with Gasteiger partial charge in [0.1, 0.15) is 0 Å². The van der Waals surface area contributed by atoms with Crippen LogP contribution in [0.25, 0.3) is 0 Å². The summed E-state index contributed by atoms with van der Waals surface area (Å²) in [5, 5.41) is 6.32. The van der Waals surface area contributed by atoms with Crippen molar-refractivity contribution in [2.24, 2.45) is 4.99 Å². The lowest BCUT2D eigenvalue weighted by molar-refractivity contribution is -0.0520. The summed E-state index contributed by atoms with van der Waals surface area (Å²) in [4.78, 5) is 4.15. The number of hydrogen-bond acceptors (Lipinski definition) is 4. The summed E-state index contributed by atoms with van der Waals surface area (Å²) >= 11 is 0. The molecule has 0 bridgehead atoms. The third-order valence-electron chi connectivity index (χ3n) is 4.02. The minimum absolute atomic E-state index is 0.0478. The molecule has 1 saturated heterocycles. The van der Waals surface area contributed by atoms with E-state index in [1.165, 1.54) is 0 Å². The molecule has 26 heavy (non-hydrogen) atoms. The molecule has 1 aromatic carbocycles. The molecule has 0 aromatic heterocycles. The van der Waals surface area contributed by atoms with Gasteiger partial charge >= 0.3 is 6.61 Å². The second-order valence-corrected chi connectivity index (χ2v) is 5.83. The van der Waals surface area contributed by atoms with E-state index in [2.05, 4.69) is 20.4 Å². The largest absolute Gasteiger partial charge is 0.490 e. The Balaban J connectivity index is 1.92. The minimum Gasteiger partial charge on any atom is -0.490 e. The van der Waals surface area contributed by atoms with Crippen molar-refractivity contribution in [3.8, 4) is 11.5 Å². The van der Waals surface area contributed by atoms with Crippen molar-refractivity contribution < 1.29 is 23.0 Å². The molecule has 1 heterocycles. The van der Waals surface area contributed by atoms with Crippen molar-refractivity contribution >= 4 is 5.96 Å². The lowest BCUT2D eigenvalue weighted by Gasteiger charge is -2.17. The summed E-state index contributed by atoms with van der Waals surface area (Å²) in [5.74, 6) is 0.938. The smallest absolute Gasteiger partial charge is 0.387 e. The number of rotatable bonds is 9. The van der Waals surface area contributed by atoms with Gasteiger partial charge in [0.15, 0.2) is 17.5 Å². The van der Waals surface area contributed by atoms with E-state index in [1.54, 1.807) is 32.2 Å². The highest BCUT2D eigenvalue weighted by molar-refractivity contribution is 5.79. The van der Waals surface area contributed by atoms with E-state index in [-0.39, 0.29) is 12.3 Å². The molecule has 1 atom stereocenters. The maximum atomic E-state index is 12.8. The van der Waals surface area contributed by atoms with Crippen molar-refractivity contribution in [3.63, 3.8) is 0 Å². The van der Waals surface area contributed by atoms with Gasteiger partial charge in [-0.2, -0.15) is 8.78 Å². The Morgan fingerprint density at radius 2 is 2.23 bits per heavy atom. The van der Waals surface area contributed by atoms with Crippen LogP contribution in [0.15, 0.2) is 23.2 Å². The highest BCUT2D eigenvalue weighted by atomic mass is 19.3. The van der Waals surface area contributed by atoms with E-state index in [0.717, 1.165) is 32.4 Å². The summed E-state index contributed by atoms with van der Waals surface area (Å²) < 4.78 is 41.1. The van der Waals surface area contributed by atoms with Crippen molar-refractivity contribution in [1.29, 1.82) is 0 Å². The second kappa shape index (κ2) is 10.8. The van der Waals surface area contributed by atoms with Gasteiger partial charge in [-0.05, 0) is 32.3 Å². The molecule has 0 spiro atoms. The SMILES string of the molecule is CCOc1cccc(CNC(=NC)NCCC2CCCO2)c1OC(F)F. The Bertz CT molecular complexity index is 579. The number of nitrogens with one attached hydrogen (secondary N) is 2. The fourth-order valence-electron chi connectivity index (χ4n) is 2.82. The van der Waals surface area contributed by atoms with Gasteiger partial charge in [0.05, 0.1) is 12.7 Å². The standard InChI is InChI=1S/C18H27F2N3O3/c1-3-24-15-8-4-6-13(16(15)26-17(19)20)12-23-18(21-2)22-10-9-14-7-5-11-25-14/h4,6,8,14,17H,3,5,7,9-12H2,1-2H3,(H2,21,22,23). The van der Waals surface area contributed by atoms with E-state index in [0.29, 0.717) is 30.0 Å². The molecule has 1 unspecified atom stereocenters. The van der Waals surface area contributed by atoms with Gasteiger partial charge in [0.25, 0.3) is 0 Å². The van der Waals surface area contributed by atoms with Crippen LogP contribution < -0.4 is 20.1 Å². The quantitative estimate of drug-likeness (QED) is 0.516. The van der Waals surface area contributed by atoms with Gasteiger partial charge in [-0.15, -0.1) is 0 Å². The molecule has 2 rings (SSSR count). The van der Waals surface area contributed by atoms with Crippen LogP contribution in [0.4, 0.5) is 8.78 Å². The van der Waals surface area contributed by atoms with Crippen LogP contribution in [0.5, 0.6) is 11.5 Å². The molecular weight excluding hydrogens is 344 g/mol. The third-order valence-corrected chi connectivity index (χ3v) is 4.02. The molecule has 1 aliphatic heterocycles. The first-order valence-electron chi connectivity index (χ1n) is 8.89. The fourth-order valence-corrected chi connectivity index (χ4v) is 2.82. The number of alkyl halides is 2. The van der Waals surface area contributed by atoms with E-state index in [9.17, 15) is 8.78 Å². The summed E-state index contributed by atoms with van der Waals surface area (Å²) in [5.41, 5.74) is 0.568. The number of nitrogens with zero attached hydrogens (tertiary/aromatic N) is 1. The molecule has 1 fully saturated rings. The zero-order valence-electron chi connectivity index (χ0n) is 15.3. The van der Waals surface area contributed by atoms with Crippen LogP contribution >= 0.6 is 0 Å². The van der Waals surface area contributed by atoms with Gasteiger partial charge in [-0.25, -0.2) is 0 Å². The molecule has 2 N–H and O–H groups in total. The third kappa shape index (κ3) is 6.33. The van der Waals surface area contributed by atoms with E-state index in [1.807, 2.05) is 0 Å². The summed E-state index contributed by atoms with van der Waals surface area (Å²) in [6.07, 6.45) is 3.40. The normalized spacial score (nSPS) is 17.4. The fraction of sp³-hybridized carbons (Fsp3) is 0.611. The van der Waals surface area contributed by atoms with E-state index >= 15 is 0 Å². The Morgan fingerprint density at radius 1 is 1.38 bits per heavy atom. The number of halogens is 2. The number of para-hydroxylation sites is 1. The van der Waals surface area contributed by atoms with Gasteiger partial charge in [-0.1, -0.05) is 12.1 Å². The molecule has 8 heteroatoms. The second-order valence-electron chi connectivity index (χ2n) is 5.83. The average Bonchev–Trinajstić information content (AvgIpc) is 3.13. The van der Waals surface area contributed by atoms with Crippen molar-refractivity contribution in [3.05, 3.63) is 23.8 Å².